The van der Waals surface area contributed by atoms with Crippen molar-refractivity contribution in [1.82, 2.24) is 10.3 Å². The van der Waals surface area contributed by atoms with E-state index in [9.17, 15) is 14.7 Å². The number of hydrogen-bond acceptors (Lipinski definition) is 4. The predicted octanol–water partition coefficient (Wildman–Crippen LogP) is 1.55. The lowest BCUT2D eigenvalue weighted by molar-refractivity contribution is -0.00171. The molecule has 1 heterocycles. The van der Waals surface area contributed by atoms with Gasteiger partial charge in [-0.25, -0.2) is 0 Å². The third-order valence-electron chi connectivity index (χ3n) is 3.61. The second-order valence-corrected chi connectivity index (χ2v) is 5.63. The molecule has 0 radical (unpaired) electrons. The quantitative estimate of drug-likeness (QED) is 0.718. The van der Waals surface area contributed by atoms with Gasteiger partial charge in [-0.3, -0.25) is 9.59 Å². The second-order valence-electron chi connectivity index (χ2n) is 5.63. The summed E-state index contributed by atoms with van der Waals surface area (Å²) in [5.74, 6) is -0.522. The molecule has 1 amide bonds. The molecule has 6 heteroatoms. The molecular weight excluding hydrogens is 308 g/mol. The van der Waals surface area contributed by atoms with Gasteiger partial charge in [-0.1, -0.05) is 30.3 Å². The van der Waals surface area contributed by atoms with Gasteiger partial charge in [0.25, 0.3) is 11.5 Å². The molecule has 0 saturated heterocycles. The normalized spacial score (nSPS) is 13.3. The number of aliphatic hydroxyl groups excluding tert-OH is 1. The summed E-state index contributed by atoms with van der Waals surface area (Å²) in [6.07, 6.45) is -1.01. The summed E-state index contributed by atoms with van der Waals surface area (Å²) in [7, 11) is 0. The predicted molar refractivity (Wildman–Crippen MR) is 90.9 cm³/mol. The first-order chi connectivity index (χ1) is 11.5. The zero-order chi connectivity index (χ0) is 17.5. The first kappa shape index (κ1) is 17.9. The highest BCUT2D eigenvalue weighted by atomic mass is 16.5. The first-order valence-electron chi connectivity index (χ1n) is 7.80. The van der Waals surface area contributed by atoms with Crippen LogP contribution < -0.4 is 10.9 Å². The topological polar surface area (TPSA) is 91.4 Å². The van der Waals surface area contributed by atoms with Gasteiger partial charge in [0.05, 0.1) is 18.8 Å². The van der Waals surface area contributed by atoms with Crippen LogP contribution in [0, 0.1) is 6.92 Å². The summed E-state index contributed by atoms with van der Waals surface area (Å²) < 4.78 is 5.60. The third-order valence-corrected chi connectivity index (χ3v) is 3.61. The van der Waals surface area contributed by atoms with Gasteiger partial charge in [0, 0.05) is 12.2 Å². The van der Waals surface area contributed by atoms with Gasteiger partial charge in [-0.15, -0.1) is 0 Å². The van der Waals surface area contributed by atoms with Crippen LogP contribution in [0.15, 0.2) is 47.3 Å². The zero-order valence-electron chi connectivity index (χ0n) is 13.8. The van der Waals surface area contributed by atoms with E-state index in [1.807, 2.05) is 37.3 Å². The van der Waals surface area contributed by atoms with Crippen LogP contribution >= 0.6 is 0 Å². The molecule has 0 bridgehead atoms. The van der Waals surface area contributed by atoms with Crippen molar-refractivity contribution in [2.24, 2.45) is 0 Å². The Labute approximate surface area is 140 Å². The van der Waals surface area contributed by atoms with Crippen molar-refractivity contribution < 1.29 is 14.6 Å². The standard InChI is InChI=1S/C18H22N2O4/c1-12-8-9-16(18(23)20-12)17(22)19-10-15(21)11-24-13(2)14-6-4-3-5-7-14/h3-9,13,15,21H,10-11H2,1-2H3,(H,19,22)(H,20,23)/t13-,15-/m0/s1. The van der Waals surface area contributed by atoms with Crippen LogP contribution in [0.1, 0.15) is 34.6 Å². The summed E-state index contributed by atoms with van der Waals surface area (Å²) in [5, 5.41) is 12.5. The summed E-state index contributed by atoms with van der Waals surface area (Å²) in [6, 6.07) is 12.8. The molecule has 1 aromatic carbocycles. The molecule has 0 spiro atoms. The van der Waals surface area contributed by atoms with E-state index in [1.165, 1.54) is 6.07 Å². The number of ether oxygens (including phenoxy) is 1. The number of nitrogens with one attached hydrogen (secondary N) is 2. The van der Waals surface area contributed by atoms with Crippen LogP contribution in [-0.4, -0.2) is 35.3 Å². The van der Waals surface area contributed by atoms with E-state index >= 15 is 0 Å². The molecule has 1 aromatic heterocycles. The number of aliphatic hydroxyl groups is 1. The highest BCUT2D eigenvalue weighted by molar-refractivity contribution is 5.93. The van der Waals surface area contributed by atoms with Gasteiger partial charge < -0.3 is 20.1 Å². The number of rotatable bonds is 7. The van der Waals surface area contributed by atoms with E-state index in [0.29, 0.717) is 5.69 Å². The van der Waals surface area contributed by atoms with E-state index < -0.39 is 17.6 Å². The number of benzene rings is 1. The smallest absolute Gasteiger partial charge is 0.260 e. The Morgan fingerprint density at radius 1 is 1.25 bits per heavy atom. The van der Waals surface area contributed by atoms with Gasteiger partial charge >= 0.3 is 0 Å². The number of pyridine rings is 1. The molecule has 2 rings (SSSR count). The van der Waals surface area contributed by atoms with E-state index in [1.54, 1.807) is 13.0 Å². The number of carbonyl (C=O) groups is 1. The molecule has 0 aliphatic carbocycles. The number of aromatic amines is 1. The maximum atomic E-state index is 12.0. The molecule has 0 fully saturated rings. The van der Waals surface area contributed by atoms with E-state index in [4.69, 9.17) is 4.74 Å². The number of H-pyrrole nitrogens is 1. The van der Waals surface area contributed by atoms with Crippen molar-refractivity contribution in [3.05, 3.63) is 69.6 Å². The Morgan fingerprint density at radius 2 is 1.96 bits per heavy atom. The maximum absolute atomic E-state index is 12.0. The molecule has 3 N–H and O–H groups in total. The number of carbonyl (C=O) groups excluding carboxylic acids is 1. The van der Waals surface area contributed by atoms with Crippen molar-refractivity contribution >= 4 is 5.91 Å². The average molecular weight is 330 g/mol. The summed E-state index contributed by atoms with van der Waals surface area (Å²) in [5.41, 5.74) is 1.27. The molecule has 24 heavy (non-hydrogen) atoms. The number of amides is 1. The average Bonchev–Trinajstić information content (AvgIpc) is 2.58. The monoisotopic (exact) mass is 330 g/mol. The van der Waals surface area contributed by atoms with E-state index in [0.717, 1.165) is 5.56 Å². The summed E-state index contributed by atoms with van der Waals surface area (Å²) in [6.45, 7) is 3.72. The molecule has 2 atom stereocenters. The maximum Gasteiger partial charge on any atom is 0.260 e. The Hall–Kier alpha value is -2.44. The minimum atomic E-state index is -0.857. The van der Waals surface area contributed by atoms with Gasteiger partial charge in [0.1, 0.15) is 5.56 Å². The zero-order valence-corrected chi connectivity index (χ0v) is 13.8. The minimum absolute atomic E-state index is 0.00760. The largest absolute Gasteiger partial charge is 0.389 e. The fraction of sp³-hybridized carbons (Fsp3) is 0.333. The van der Waals surface area contributed by atoms with Crippen LogP contribution in [0.5, 0.6) is 0 Å². The van der Waals surface area contributed by atoms with Crippen molar-refractivity contribution in [3.8, 4) is 0 Å². The van der Waals surface area contributed by atoms with Crippen LogP contribution in [0.25, 0.3) is 0 Å². The Bertz CT molecular complexity index is 727. The SMILES string of the molecule is Cc1ccc(C(=O)NC[C@H](O)CO[C@@H](C)c2ccccc2)c(=O)[nH]1. The van der Waals surface area contributed by atoms with Crippen molar-refractivity contribution in [2.45, 2.75) is 26.1 Å². The molecule has 0 saturated carbocycles. The molecule has 128 valence electrons. The van der Waals surface area contributed by atoms with E-state index in [-0.39, 0.29) is 24.8 Å². The second kappa shape index (κ2) is 8.42. The van der Waals surface area contributed by atoms with Crippen LogP contribution in [-0.2, 0) is 4.74 Å². The van der Waals surface area contributed by atoms with Crippen molar-refractivity contribution in [1.29, 1.82) is 0 Å². The van der Waals surface area contributed by atoms with Gasteiger partial charge in [-0.2, -0.15) is 0 Å². The molecule has 0 aliphatic heterocycles. The van der Waals surface area contributed by atoms with Crippen molar-refractivity contribution in [3.63, 3.8) is 0 Å². The van der Waals surface area contributed by atoms with Gasteiger partial charge in [-0.05, 0) is 31.5 Å². The molecular formula is C18H22N2O4. The minimum Gasteiger partial charge on any atom is -0.389 e. The lowest BCUT2D eigenvalue weighted by Gasteiger charge is -2.17. The number of hydrogen-bond donors (Lipinski definition) is 3. The lowest BCUT2D eigenvalue weighted by atomic mass is 10.1. The van der Waals surface area contributed by atoms with Crippen molar-refractivity contribution in [2.75, 3.05) is 13.2 Å². The first-order valence-corrected chi connectivity index (χ1v) is 7.80. The van der Waals surface area contributed by atoms with Crippen LogP contribution in [0.3, 0.4) is 0 Å². The molecule has 0 unspecified atom stereocenters. The summed E-state index contributed by atoms with van der Waals surface area (Å²) in [4.78, 5) is 26.2. The lowest BCUT2D eigenvalue weighted by Crippen LogP contribution is -2.37. The fourth-order valence-electron chi connectivity index (χ4n) is 2.19. The summed E-state index contributed by atoms with van der Waals surface area (Å²) >= 11 is 0. The Kier molecular flexibility index (Phi) is 6.28. The van der Waals surface area contributed by atoms with Crippen LogP contribution in [0.4, 0.5) is 0 Å². The molecule has 6 nitrogen and oxygen atoms in total. The van der Waals surface area contributed by atoms with Gasteiger partial charge in [0.15, 0.2) is 0 Å². The number of aromatic nitrogens is 1. The highest BCUT2D eigenvalue weighted by Crippen LogP contribution is 2.15. The van der Waals surface area contributed by atoms with Crippen LogP contribution in [0.2, 0.25) is 0 Å². The number of aryl methyl sites for hydroxylation is 1. The third kappa shape index (κ3) is 5.04. The highest BCUT2D eigenvalue weighted by Gasteiger charge is 2.14. The fourth-order valence-corrected chi connectivity index (χ4v) is 2.19. The van der Waals surface area contributed by atoms with Gasteiger partial charge in [0.2, 0.25) is 0 Å². The molecule has 2 aromatic rings. The molecule has 0 aliphatic rings. The van der Waals surface area contributed by atoms with E-state index in [2.05, 4.69) is 10.3 Å². The Balaban J connectivity index is 1.79. The Morgan fingerprint density at radius 3 is 2.62 bits per heavy atom.